The number of rotatable bonds is 2. The molecule has 2 aromatic heterocycles. The van der Waals surface area contributed by atoms with Crippen LogP contribution in [-0.4, -0.2) is 29.8 Å². The standard InChI is InChI=1S/C8H10O.C7H6N2S.C7H9N.C5H12O/c1-9-7-8-5-3-2-4-6-8;8-7-9-5-3-1-2-4-6(5)10-7;1-6-3-4-8-5-7(6)2;1-5(2,3)6-4/h2-6H,7H2,1H3;1-4H,(H2,8,9);3-5H,1-2H3;1-4H3. The molecule has 5 nitrogen and oxygen atoms in total. The van der Waals surface area contributed by atoms with E-state index in [2.05, 4.69) is 23.8 Å². The zero-order valence-electron chi connectivity index (χ0n) is 20.8. The number of nitrogens with two attached hydrogens (primary N) is 1. The predicted molar refractivity (Wildman–Crippen MR) is 142 cm³/mol. The van der Waals surface area contributed by atoms with Crippen LogP contribution in [0.3, 0.4) is 0 Å². The number of thiazole rings is 1. The minimum Gasteiger partial charge on any atom is -0.380 e. The summed E-state index contributed by atoms with van der Waals surface area (Å²) in [5.41, 5.74) is 10.3. The first-order valence-corrected chi connectivity index (χ1v) is 11.5. The van der Waals surface area contributed by atoms with Crippen molar-refractivity contribution in [2.45, 2.75) is 46.8 Å². The van der Waals surface area contributed by atoms with Gasteiger partial charge in [-0.2, -0.15) is 0 Å². The van der Waals surface area contributed by atoms with Gasteiger partial charge in [-0.1, -0.05) is 53.8 Å². The number of methoxy groups -OCH3 is 2. The Balaban J connectivity index is 0.000000224. The molecule has 0 saturated heterocycles. The Hall–Kier alpha value is -2.80. The molecule has 0 fully saturated rings. The highest BCUT2D eigenvalue weighted by atomic mass is 32.1. The van der Waals surface area contributed by atoms with Crippen molar-refractivity contribution in [1.29, 1.82) is 0 Å². The average molecular weight is 468 g/mol. The van der Waals surface area contributed by atoms with Gasteiger partial charge in [0.2, 0.25) is 0 Å². The number of benzene rings is 2. The van der Waals surface area contributed by atoms with E-state index in [9.17, 15) is 0 Å². The zero-order valence-corrected chi connectivity index (χ0v) is 21.6. The maximum Gasteiger partial charge on any atom is 0.181 e. The van der Waals surface area contributed by atoms with Crippen LogP contribution in [-0.2, 0) is 16.1 Å². The first-order valence-electron chi connectivity index (χ1n) is 10.7. The minimum atomic E-state index is 0.0417. The normalized spacial score (nSPS) is 10.2. The lowest BCUT2D eigenvalue weighted by Crippen LogP contribution is -2.15. The van der Waals surface area contributed by atoms with Crippen molar-refractivity contribution in [1.82, 2.24) is 9.97 Å². The van der Waals surface area contributed by atoms with Crippen molar-refractivity contribution in [3.8, 4) is 0 Å². The van der Waals surface area contributed by atoms with E-state index in [1.807, 2.05) is 93.8 Å². The van der Waals surface area contributed by atoms with Crippen LogP contribution in [0.4, 0.5) is 5.13 Å². The molecule has 0 radical (unpaired) electrons. The number of anilines is 1. The maximum absolute atomic E-state index is 5.50. The lowest BCUT2D eigenvalue weighted by atomic mass is 10.2. The topological polar surface area (TPSA) is 70.3 Å². The number of hydrogen-bond donors (Lipinski definition) is 1. The summed E-state index contributed by atoms with van der Waals surface area (Å²) in [7, 11) is 3.41. The van der Waals surface area contributed by atoms with Gasteiger partial charge in [0.1, 0.15) is 0 Å². The van der Waals surface area contributed by atoms with Crippen LogP contribution in [0.2, 0.25) is 0 Å². The second kappa shape index (κ2) is 15.1. The molecule has 0 bridgehead atoms. The third kappa shape index (κ3) is 12.7. The molecule has 0 amide bonds. The van der Waals surface area contributed by atoms with Gasteiger partial charge >= 0.3 is 0 Å². The predicted octanol–water partition coefficient (Wildman–Crippen LogP) is 6.84. The molecule has 178 valence electrons. The monoisotopic (exact) mass is 467 g/mol. The molecule has 6 heteroatoms. The van der Waals surface area contributed by atoms with Crippen LogP contribution >= 0.6 is 11.3 Å². The van der Waals surface area contributed by atoms with E-state index in [1.165, 1.54) is 28.0 Å². The molecule has 0 spiro atoms. The number of aromatic nitrogens is 2. The van der Waals surface area contributed by atoms with E-state index in [0.717, 1.165) is 10.2 Å². The summed E-state index contributed by atoms with van der Waals surface area (Å²) in [4.78, 5) is 8.05. The average Bonchev–Trinajstić information content (AvgIpc) is 3.18. The molecule has 0 aliphatic carbocycles. The fourth-order valence-corrected chi connectivity index (χ4v) is 2.91. The molecule has 0 saturated carbocycles. The van der Waals surface area contributed by atoms with Crippen LogP contribution in [0.1, 0.15) is 37.5 Å². The van der Waals surface area contributed by atoms with E-state index in [-0.39, 0.29) is 5.60 Å². The molecular weight excluding hydrogens is 430 g/mol. The number of aryl methyl sites for hydroxylation is 2. The van der Waals surface area contributed by atoms with Crippen molar-refractivity contribution in [2.75, 3.05) is 20.0 Å². The van der Waals surface area contributed by atoms with Gasteiger partial charge in [0.05, 0.1) is 22.4 Å². The largest absolute Gasteiger partial charge is 0.380 e. The van der Waals surface area contributed by atoms with Gasteiger partial charge < -0.3 is 15.2 Å². The van der Waals surface area contributed by atoms with Crippen molar-refractivity contribution in [3.63, 3.8) is 0 Å². The maximum atomic E-state index is 5.50. The Morgan fingerprint density at radius 3 is 1.97 bits per heavy atom. The molecule has 33 heavy (non-hydrogen) atoms. The molecular formula is C27H37N3O2S. The van der Waals surface area contributed by atoms with Gasteiger partial charge in [0.25, 0.3) is 0 Å². The van der Waals surface area contributed by atoms with E-state index >= 15 is 0 Å². The van der Waals surface area contributed by atoms with Crippen LogP contribution in [0, 0.1) is 13.8 Å². The van der Waals surface area contributed by atoms with Crippen LogP contribution in [0.25, 0.3) is 10.2 Å². The Bertz CT molecular complexity index is 990. The molecule has 2 heterocycles. The van der Waals surface area contributed by atoms with E-state index in [4.69, 9.17) is 15.2 Å². The number of para-hydroxylation sites is 1. The highest BCUT2D eigenvalue weighted by Gasteiger charge is 2.04. The van der Waals surface area contributed by atoms with E-state index in [1.54, 1.807) is 14.2 Å². The second-order valence-electron chi connectivity index (χ2n) is 8.21. The third-order valence-electron chi connectivity index (χ3n) is 4.38. The van der Waals surface area contributed by atoms with Gasteiger partial charge in [-0.25, -0.2) is 4.98 Å². The SMILES string of the molecule is COC(C)(C)C.COCc1ccccc1.Cc1ccncc1C.Nc1nc2ccccc2s1. The Labute approximate surface area is 202 Å². The molecule has 0 atom stereocenters. The molecule has 2 aromatic carbocycles. The molecule has 2 N–H and O–H groups in total. The summed E-state index contributed by atoms with van der Waals surface area (Å²) in [5, 5.41) is 0.640. The molecule has 0 aliphatic heterocycles. The van der Waals surface area contributed by atoms with E-state index in [0.29, 0.717) is 11.7 Å². The fraction of sp³-hybridized carbons (Fsp3) is 0.333. The highest BCUT2D eigenvalue weighted by molar-refractivity contribution is 7.22. The van der Waals surface area contributed by atoms with Gasteiger partial charge in [-0.05, 0) is 69.5 Å². The lowest BCUT2D eigenvalue weighted by molar-refractivity contribution is 0.0397. The molecule has 0 aliphatic rings. The molecule has 4 aromatic rings. The van der Waals surface area contributed by atoms with Crippen LogP contribution in [0.15, 0.2) is 73.1 Å². The summed E-state index contributed by atoms with van der Waals surface area (Å²) in [6.45, 7) is 10.9. The highest BCUT2D eigenvalue weighted by Crippen LogP contribution is 2.22. The summed E-state index contributed by atoms with van der Waals surface area (Å²) < 4.78 is 11.0. The van der Waals surface area contributed by atoms with Crippen molar-refractivity contribution in [3.05, 3.63) is 89.7 Å². The number of nitrogen functional groups attached to an aromatic ring is 1. The zero-order chi connectivity index (χ0) is 24.7. The molecule has 0 unspecified atom stereocenters. The van der Waals surface area contributed by atoms with Crippen LogP contribution in [0.5, 0.6) is 0 Å². The first kappa shape index (κ1) is 28.2. The fourth-order valence-electron chi connectivity index (χ4n) is 2.17. The van der Waals surface area contributed by atoms with Crippen molar-refractivity contribution < 1.29 is 9.47 Å². The summed E-state index contributed by atoms with van der Waals surface area (Å²) in [6, 6.07) is 20.0. The summed E-state index contributed by atoms with van der Waals surface area (Å²) in [5.74, 6) is 0. The van der Waals surface area contributed by atoms with Crippen molar-refractivity contribution in [2.24, 2.45) is 0 Å². The van der Waals surface area contributed by atoms with Gasteiger partial charge in [0, 0.05) is 26.6 Å². The van der Waals surface area contributed by atoms with E-state index < -0.39 is 0 Å². The summed E-state index contributed by atoms with van der Waals surface area (Å²) in [6.07, 6.45) is 3.68. The number of nitrogens with zero attached hydrogens (tertiary/aromatic N) is 2. The third-order valence-corrected chi connectivity index (χ3v) is 5.24. The van der Waals surface area contributed by atoms with Crippen LogP contribution < -0.4 is 5.73 Å². The van der Waals surface area contributed by atoms with Gasteiger partial charge in [0.15, 0.2) is 5.13 Å². The number of ether oxygens (including phenoxy) is 2. The number of fused-ring (bicyclic) bond motifs is 1. The summed E-state index contributed by atoms with van der Waals surface area (Å²) >= 11 is 1.52. The lowest BCUT2D eigenvalue weighted by Gasteiger charge is -2.14. The molecule has 4 rings (SSSR count). The number of hydrogen-bond acceptors (Lipinski definition) is 6. The van der Waals surface area contributed by atoms with Gasteiger partial charge in [-0.3, -0.25) is 4.98 Å². The van der Waals surface area contributed by atoms with Gasteiger partial charge in [-0.15, -0.1) is 0 Å². The Morgan fingerprint density at radius 1 is 0.879 bits per heavy atom. The number of pyridine rings is 1. The van der Waals surface area contributed by atoms with Crippen molar-refractivity contribution >= 4 is 26.7 Å². The Morgan fingerprint density at radius 2 is 1.48 bits per heavy atom. The first-order chi connectivity index (χ1) is 15.7. The minimum absolute atomic E-state index is 0.0417. The smallest absolute Gasteiger partial charge is 0.181 e. The Kier molecular flexibility index (Phi) is 12.9. The second-order valence-corrected chi connectivity index (χ2v) is 9.28. The quantitative estimate of drug-likeness (QED) is 0.349.